The lowest BCUT2D eigenvalue weighted by Crippen LogP contribution is -2.50. The zero-order valence-electron chi connectivity index (χ0n) is 8.99. The average Bonchev–Trinajstić information content (AvgIpc) is 2.30. The zero-order valence-corrected chi connectivity index (χ0v) is 9.74. The van der Waals surface area contributed by atoms with Crippen molar-refractivity contribution in [3.63, 3.8) is 0 Å². The molecule has 1 aromatic rings. The fourth-order valence-corrected chi connectivity index (χ4v) is 2.18. The topological polar surface area (TPSA) is 40.1 Å². The molecule has 0 aromatic heterocycles. The van der Waals surface area contributed by atoms with Crippen LogP contribution in [0.5, 0.6) is 0 Å². The molecule has 1 fully saturated rings. The number of hydrogen-bond acceptors (Lipinski definition) is 2. The second kappa shape index (κ2) is 4.53. The van der Waals surface area contributed by atoms with Crippen molar-refractivity contribution in [2.24, 2.45) is 0 Å². The molecule has 0 radical (unpaired) electrons. The fourth-order valence-electron chi connectivity index (χ4n) is 2.05. The number of halogens is 1. The van der Waals surface area contributed by atoms with Gasteiger partial charge in [-0.25, -0.2) is 4.79 Å². The van der Waals surface area contributed by atoms with Crippen LogP contribution >= 0.6 is 11.6 Å². The predicted molar refractivity (Wildman–Crippen MR) is 63.0 cm³/mol. The van der Waals surface area contributed by atoms with Crippen molar-refractivity contribution in [1.29, 1.82) is 0 Å². The average molecular weight is 240 g/mol. The summed E-state index contributed by atoms with van der Waals surface area (Å²) >= 11 is 5.74. The third kappa shape index (κ3) is 2.26. The number of piperidine rings is 1. The Bertz CT molecular complexity index is 383. The molecule has 1 aliphatic rings. The molecule has 0 saturated carbocycles. The molecule has 0 bridgehead atoms. The molecule has 86 valence electrons. The predicted octanol–water partition coefficient (Wildman–Crippen LogP) is 2.98. The van der Waals surface area contributed by atoms with Gasteiger partial charge >= 0.3 is 5.91 Å². The molecular weight excluding hydrogens is 226 g/mol. The van der Waals surface area contributed by atoms with E-state index in [2.05, 4.69) is 0 Å². The number of hydroxylamine groups is 3. The van der Waals surface area contributed by atoms with Gasteiger partial charge in [-0.3, -0.25) is 4.65 Å². The smallest absolute Gasteiger partial charge is 0.345 e. The molecular formula is C12H14ClNO2. The number of likely N-dealkylation sites (tertiary alicyclic amines) is 1. The Hall–Kier alpha value is -0.900. The van der Waals surface area contributed by atoms with Crippen LogP contribution < -0.4 is 0 Å². The van der Waals surface area contributed by atoms with E-state index in [1.165, 1.54) is 0 Å². The first-order valence-corrected chi connectivity index (χ1v) is 5.88. The molecule has 1 aliphatic heterocycles. The lowest BCUT2D eigenvalue weighted by Gasteiger charge is -2.42. The number of carbonyl (C=O) groups excluding carboxylic acids is 1. The number of quaternary nitrogens is 1. The molecule has 4 heteroatoms. The number of hydrogen-bond donors (Lipinski definition) is 0. The first-order valence-electron chi connectivity index (χ1n) is 5.50. The van der Waals surface area contributed by atoms with Crippen molar-refractivity contribution in [3.8, 4) is 0 Å². The molecule has 2 rings (SSSR count). The number of amides is 1. The number of nitrogens with zero attached hydrogens (tertiary/aromatic N) is 1. The molecule has 1 heterocycles. The Morgan fingerprint density at radius 3 is 2.25 bits per heavy atom. The number of carbonyl (C=O) groups is 1. The van der Waals surface area contributed by atoms with Gasteiger partial charge in [-0.05, 0) is 43.5 Å². The van der Waals surface area contributed by atoms with Crippen molar-refractivity contribution in [2.45, 2.75) is 19.3 Å². The van der Waals surface area contributed by atoms with Crippen molar-refractivity contribution < 1.29 is 9.44 Å². The molecule has 3 nitrogen and oxygen atoms in total. The quantitative estimate of drug-likeness (QED) is 0.558. The molecule has 16 heavy (non-hydrogen) atoms. The van der Waals surface area contributed by atoms with Crippen LogP contribution in [0, 0.1) is 5.21 Å². The van der Waals surface area contributed by atoms with Gasteiger partial charge in [0.25, 0.3) is 0 Å². The van der Waals surface area contributed by atoms with E-state index in [0.717, 1.165) is 19.3 Å². The molecule has 0 unspecified atom stereocenters. The lowest BCUT2D eigenvalue weighted by molar-refractivity contribution is -0.803. The maximum absolute atomic E-state index is 12.3. The largest absolute Gasteiger partial charge is 0.625 e. The molecule has 0 N–H and O–H groups in total. The molecule has 1 amide bonds. The van der Waals surface area contributed by atoms with Crippen LogP contribution in [0.4, 0.5) is 0 Å². The summed E-state index contributed by atoms with van der Waals surface area (Å²) in [5.41, 5.74) is 0.460. The summed E-state index contributed by atoms with van der Waals surface area (Å²) in [6, 6.07) is 6.53. The van der Waals surface area contributed by atoms with Crippen molar-refractivity contribution in [2.75, 3.05) is 13.1 Å². The summed E-state index contributed by atoms with van der Waals surface area (Å²) in [6.45, 7) is 0.808. The highest BCUT2D eigenvalue weighted by Gasteiger charge is 2.30. The fraction of sp³-hybridized carbons (Fsp3) is 0.417. The second-order valence-corrected chi connectivity index (χ2v) is 4.65. The van der Waals surface area contributed by atoms with E-state index < -0.39 is 4.65 Å². The maximum atomic E-state index is 12.3. The minimum absolute atomic E-state index is 0.337. The number of benzene rings is 1. The van der Waals surface area contributed by atoms with Gasteiger partial charge < -0.3 is 5.21 Å². The maximum Gasteiger partial charge on any atom is 0.345 e. The summed E-state index contributed by atoms with van der Waals surface area (Å²) in [5.74, 6) is -0.337. The summed E-state index contributed by atoms with van der Waals surface area (Å²) in [4.78, 5) is 12.0. The van der Waals surface area contributed by atoms with Gasteiger partial charge in [0.15, 0.2) is 0 Å². The third-order valence-corrected chi connectivity index (χ3v) is 3.25. The van der Waals surface area contributed by atoms with Crippen LogP contribution in [0.25, 0.3) is 0 Å². The van der Waals surface area contributed by atoms with Gasteiger partial charge in [0.2, 0.25) is 0 Å². The van der Waals surface area contributed by atoms with Gasteiger partial charge in [-0.2, -0.15) is 0 Å². The van der Waals surface area contributed by atoms with Crippen LogP contribution in [0.15, 0.2) is 24.3 Å². The minimum Gasteiger partial charge on any atom is -0.625 e. The van der Waals surface area contributed by atoms with Crippen LogP contribution in [0.1, 0.15) is 29.6 Å². The van der Waals surface area contributed by atoms with E-state index in [4.69, 9.17) is 11.6 Å². The van der Waals surface area contributed by atoms with Crippen LogP contribution in [0.3, 0.4) is 0 Å². The summed E-state index contributed by atoms with van der Waals surface area (Å²) in [7, 11) is 0. The third-order valence-electron chi connectivity index (χ3n) is 3.00. The van der Waals surface area contributed by atoms with E-state index in [0.29, 0.717) is 23.7 Å². The molecule has 1 saturated heterocycles. The SMILES string of the molecule is O=C(c1ccc(Cl)cc1)[N+]1([O-])CCCCC1. The Kier molecular flexibility index (Phi) is 3.28. The van der Waals surface area contributed by atoms with Gasteiger partial charge in [0, 0.05) is 5.02 Å². The van der Waals surface area contributed by atoms with E-state index in [1.54, 1.807) is 24.3 Å². The minimum atomic E-state index is -0.707. The molecule has 0 atom stereocenters. The van der Waals surface area contributed by atoms with Crippen LogP contribution in [0.2, 0.25) is 5.02 Å². The highest BCUT2D eigenvalue weighted by Crippen LogP contribution is 2.22. The number of rotatable bonds is 1. The van der Waals surface area contributed by atoms with Gasteiger partial charge in [0.05, 0.1) is 18.7 Å². The van der Waals surface area contributed by atoms with Gasteiger partial charge in [0.1, 0.15) is 0 Å². The van der Waals surface area contributed by atoms with Gasteiger partial charge in [-0.1, -0.05) is 11.6 Å². The summed E-state index contributed by atoms with van der Waals surface area (Å²) < 4.78 is -0.707. The molecule has 0 spiro atoms. The Balaban J connectivity index is 2.20. The van der Waals surface area contributed by atoms with E-state index in [-0.39, 0.29) is 5.91 Å². The van der Waals surface area contributed by atoms with Crippen LogP contribution in [-0.2, 0) is 0 Å². The Morgan fingerprint density at radius 2 is 1.69 bits per heavy atom. The molecule has 0 aliphatic carbocycles. The highest BCUT2D eigenvalue weighted by atomic mass is 35.5. The first-order chi connectivity index (χ1) is 7.62. The van der Waals surface area contributed by atoms with Crippen LogP contribution in [-0.4, -0.2) is 23.6 Å². The van der Waals surface area contributed by atoms with E-state index in [1.807, 2.05) is 0 Å². The second-order valence-electron chi connectivity index (χ2n) is 4.21. The Morgan fingerprint density at radius 1 is 1.12 bits per heavy atom. The summed E-state index contributed by atoms with van der Waals surface area (Å²) in [5, 5.41) is 12.8. The lowest BCUT2D eigenvalue weighted by atomic mass is 10.1. The van der Waals surface area contributed by atoms with E-state index in [9.17, 15) is 10.0 Å². The first kappa shape index (κ1) is 11.6. The Labute approximate surface area is 99.8 Å². The van der Waals surface area contributed by atoms with E-state index >= 15 is 0 Å². The monoisotopic (exact) mass is 239 g/mol. The van der Waals surface area contributed by atoms with Crippen molar-refractivity contribution in [1.82, 2.24) is 0 Å². The van der Waals surface area contributed by atoms with Crippen molar-refractivity contribution >= 4 is 17.5 Å². The standard InChI is InChI=1S/C12H14ClNO2/c13-11-6-4-10(5-7-11)12(15)14(16)8-2-1-3-9-14/h4-7H,1-3,8-9H2. The summed E-state index contributed by atoms with van der Waals surface area (Å²) in [6.07, 6.45) is 2.72. The highest BCUT2D eigenvalue weighted by molar-refractivity contribution is 6.30. The van der Waals surface area contributed by atoms with Gasteiger partial charge in [-0.15, -0.1) is 0 Å². The van der Waals surface area contributed by atoms with Crippen molar-refractivity contribution in [3.05, 3.63) is 40.1 Å². The normalized spacial score (nSPS) is 19.4. The zero-order chi connectivity index (χ0) is 11.6. The molecule has 1 aromatic carbocycles.